The lowest BCUT2D eigenvalue weighted by atomic mass is 9.47. The molecule has 0 saturated carbocycles. The maximum absolute atomic E-state index is 14.5. The summed E-state index contributed by atoms with van der Waals surface area (Å²) >= 11 is 0. The third-order valence-corrected chi connectivity index (χ3v) is 9.66. The normalized spacial score (nSPS) is 23.1. The van der Waals surface area contributed by atoms with Crippen LogP contribution in [-0.2, 0) is 26.2 Å². The summed E-state index contributed by atoms with van der Waals surface area (Å²) in [4.78, 5) is 43.3. The molecule has 1 aliphatic heterocycles. The molecule has 5 aromatic rings. The highest BCUT2D eigenvalue weighted by Gasteiger charge is 2.68. The molecule has 1 fully saturated rings. The van der Waals surface area contributed by atoms with Crippen LogP contribution >= 0.6 is 0 Å². The van der Waals surface area contributed by atoms with Crippen LogP contribution in [0.5, 0.6) is 0 Å². The van der Waals surface area contributed by atoms with Gasteiger partial charge in [-0.15, -0.1) is 0 Å². The van der Waals surface area contributed by atoms with E-state index in [1.54, 1.807) is 6.21 Å². The van der Waals surface area contributed by atoms with Gasteiger partial charge in [-0.1, -0.05) is 109 Å². The van der Waals surface area contributed by atoms with Crippen molar-refractivity contribution in [1.82, 2.24) is 5.43 Å². The van der Waals surface area contributed by atoms with Crippen molar-refractivity contribution in [3.8, 4) is 0 Å². The Morgan fingerprint density at radius 3 is 2.16 bits per heavy atom. The number of hydrogen-bond acceptors (Lipinski definition) is 4. The fraction of sp³-hybridized carbons (Fsp3) is 0.158. The topological polar surface area (TPSA) is 78.8 Å². The molecule has 0 unspecified atom stereocenters. The summed E-state index contributed by atoms with van der Waals surface area (Å²) in [6, 6.07) is 37.5. The number of imide groups is 1. The van der Waals surface area contributed by atoms with Gasteiger partial charge in [0, 0.05) is 12.1 Å². The first-order chi connectivity index (χ1) is 21.5. The van der Waals surface area contributed by atoms with Crippen LogP contribution in [-0.4, -0.2) is 23.9 Å². The number of rotatable bonds is 5. The van der Waals surface area contributed by atoms with E-state index in [9.17, 15) is 14.4 Å². The van der Waals surface area contributed by atoms with Crippen LogP contribution in [0.3, 0.4) is 0 Å². The van der Waals surface area contributed by atoms with Crippen molar-refractivity contribution in [3.05, 3.63) is 149 Å². The molecule has 4 aliphatic rings. The number of amides is 3. The van der Waals surface area contributed by atoms with Crippen LogP contribution in [0.15, 0.2) is 120 Å². The van der Waals surface area contributed by atoms with Gasteiger partial charge in [0.25, 0.3) is 0 Å². The predicted octanol–water partition coefficient (Wildman–Crippen LogP) is 6.04. The first-order valence-corrected chi connectivity index (χ1v) is 14.9. The highest BCUT2D eigenvalue weighted by atomic mass is 16.2. The molecule has 3 amide bonds. The van der Waals surface area contributed by atoms with Crippen molar-refractivity contribution >= 4 is 40.4 Å². The lowest BCUT2D eigenvalue weighted by Gasteiger charge is -2.52. The van der Waals surface area contributed by atoms with Crippen LogP contribution in [0.25, 0.3) is 10.8 Å². The largest absolute Gasteiger partial charge is 0.274 e. The van der Waals surface area contributed by atoms with Gasteiger partial charge in [0.05, 0.1) is 29.4 Å². The molecule has 44 heavy (non-hydrogen) atoms. The molecule has 5 aromatic carbocycles. The highest BCUT2D eigenvalue weighted by molar-refractivity contribution is 6.25. The Kier molecular flexibility index (Phi) is 5.88. The van der Waals surface area contributed by atoms with Gasteiger partial charge in [-0.3, -0.25) is 14.4 Å². The van der Waals surface area contributed by atoms with E-state index < -0.39 is 17.3 Å². The third kappa shape index (κ3) is 3.67. The van der Waals surface area contributed by atoms with Crippen LogP contribution in [0.4, 0.5) is 5.69 Å². The second kappa shape index (κ2) is 9.85. The van der Waals surface area contributed by atoms with Crippen molar-refractivity contribution in [2.75, 3.05) is 4.90 Å². The number of nitrogens with zero attached hydrogens (tertiary/aromatic N) is 2. The van der Waals surface area contributed by atoms with Crippen molar-refractivity contribution < 1.29 is 14.4 Å². The van der Waals surface area contributed by atoms with E-state index in [1.165, 1.54) is 4.90 Å². The lowest BCUT2D eigenvalue weighted by Crippen LogP contribution is -2.54. The summed E-state index contributed by atoms with van der Waals surface area (Å²) in [5, 5.41) is 6.65. The highest BCUT2D eigenvalue weighted by Crippen LogP contribution is 2.63. The Balaban J connectivity index is 1.22. The number of carbonyl (C=O) groups is 3. The Bertz CT molecular complexity index is 1980. The molecule has 1 N–H and O–H groups in total. The number of carbonyl (C=O) groups excluding carboxylic acids is 3. The molecule has 2 atom stereocenters. The molecule has 0 spiro atoms. The first-order valence-electron chi connectivity index (χ1n) is 14.9. The van der Waals surface area contributed by atoms with Crippen molar-refractivity contribution in [1.29, 1.82) is 0 Å². The number of anilines is 1. The zero-order valence-corrected chi connectivity index (χ0v) is 24.1. The van der Waals surface area contributed by atoms with Gasteiger partial charge in [-0.05, 0) is 57.6 Å². The standard InChI is InChI=1S/C38H29N3O3/c1-23-17-19-26(20-18-23)41-36(43)34-33-28-13-4-6-15-30(28)38(35(34)37(41)44,31-16-7-5-14-29(31)33)22-39-40-32(42)21-25-11-8-10-24-9-2-3-12-27(24)25/h2-20,22,33-35H,21H2,1H3,(H,40,42)/b39-22-/t33?,34-,35+,38?/m0/s1. The molecule has 9 rings (SSSR count). The fourth-order valence-electron chi connectivity index (χ4n) is 7.86. The SMILES string of the molecule is Cc1ccc(N2C(=O)[C@H]3C4c5ccccc5C(/C=N\NC(=O)Cc5cccc6ccccc56)(c5ccccc54)[C@H]3C2=O)cc1. The van der Waals surface area contributed by atoms with Gasteiger partial charge < -0.3 is 0 Å². The van der Waals surface area contributed by atoms with E-state index >= 15 is 0 Å². The zero-order valence-electron chi connectivity index (χ0n) is 24.1. The molecule has 1 heterocycles. The number of nitrogens with one attached hydrogen (secondary N) is 1. The number of aryl methyl sites for hydroxylation is 1. The number of benzene rings is 5. The molecule has 2 bridgehead atoms. The molecule has 3 aliphatic carbocycles. The van der Waals surface area contributed by atoms with Crippen LogP contribution in [0.1, 0.15) is 39.3 Å². The minimum absolute atomic E-state index is 0.158. The van der Waals surface area contributed by atoms with E-state index in [2.05, 4.69) is 22.7 Å². The maximum atomic E-state index is 14.5. The number of hydrogen-bond donors (Lipinski definition) is 1. The summed E-state index contributed by atoms with van der Waals surface area (Å²) in [5.41, 5.74) is 8.19. The second-order valence-electron chi connectivity index (χ2n) is 12.0. The Morgan fingerprint density at radius 1 is 0.795 bits per heavy atom. The molecule has 6 nitrogen and oxygen atoms in total. The van der Waals surface area contributed by atoms with Crippen LogP contribution < -0.4 is 10.3 Å². The number of hydrazone groups is 1. The zero-order chi connectivity index (χ0) is 30.0. The van der Waals surface area contributed by atoms with Crippen LogP contribution in [0, 0.1) is 18.8 Å². The van der Waals surface area contributed by atoms with Crippen molar-refractivity contribution in [2.24, 2.45) is 16.9 Å². The summed E-state index contributed by atoms with van der Waals surface area (Å²) in [6.07, 6.45) is 1.87. The molecular weight excluding hydrogens is 546 g/mol. The molecular formula is C38H29N3O3. The van der Waals surface area contributed by atoms with E-state index in [-0.39, 0.29) is 30.1 Å². The van der Waals surface area contributed by atoms with Gasteiger partial charge in [0.15, 0.2) is 0 Å². The molecule has 1 saturated heterocycles. The van der Waals surface area contributed by atoms with E-state index in [0.717, 1.165) is 44.2 Å². The molecule has 0 aromatic heterocycles. The Labute approximate surface area is 255 Å². The van der Waals surface area contributed by atoms with E-state index in [1.807, 2.05) is 110 Å². The predicted molar refractivity (Wildman–Crippen MR) is 170 cm³/mol. The lowest BCUT2D eigenvalue weighted by molar-refractivity contribution is -0.123. The first kappa shape index (κ1) is 26.3. The van der Waals surface area contributed by atoms with Crippen LogP contribution in [0.2, 0.25) is 0 Å². The summed E-state index contributed by atoms with van der Waals surface area (Å²) in [7, 11) is 0. The molecule has 214 valence electrons. The van der Waals surface area contributed by atoms with Gasteiger partial charge in [-0.25, -0.2) is 10.3 Å². The minimum Gasteiger partial charge on any atom is -0.274 e. The van der Waals surface area contributed by atoms with Gasteiger partial charge in [0.2, 0.25) is 17.7 Å². The quantitative estimate of drug-likeness (QED) is 0.158. The summed E-state index contributed by atoms with van der Waals surface area (Å²) in [6.45, 7) is 1.98. The van der Waals surface area contributed by atoms with E-state index in [4.69, 9.17) is 0 Å². The summed E-state index contributed by atoms with van der Waals surface area (Å²) < 4.78 is 0. The van der Waals surface area contributed by atoms with Gasteiger partial charge in [-0.2, -0.15) is 5.10 Å². The van der Waals surface area contributed by atoms with Gasteiger partial charge in [0.1, 0.15) is 0 Å². The fourth-order valence-corrected chi connectivity index (χ4v) is 7.86. The monoisotopic (exact) mass is 575 g/mol. The third-order valence-electron chi connectivity index (χ3n) is 9.66. The average Bonchev–Trinajstić information content (AvgIpc) is 3.32. The van der Waals surface area contributed by atoms with Crippen molar-refractivity contribution in [2.45, 2.75) is 24.7 Å². The Morgan fingerprint density at radius 2 is 1.43 bits per heavy atom. The van der Waals surface area contributed by atoms with Crippen molar-refractivity contribution in [3.63, 3.8) is 0 Å². The second-order valence-corrected chi connectivity index (χ2v) is 12.0. The smallest absolute Gasteiger partial charge is 0.244 e. The number of fused-ring (bicyclic) bond motifs is 1. The minimum atomic E-state index is -1.04. The van der Waals surface area contributed by atoms with E-state index in [0.29, 0.717) is 5.69 Å². The van der Waals surface area contributed by atoms with Gasteiger partial charge >= 0.3 is 0 Å². The molecule has 6 heteroatoms. The maximum Gasteiger partial charge on any atom is 0.244 e. The average molecular weight is 576 g/mol. The molecule has 0 radical (unpaired) electrons. The summed E-state index contributed by atoms with van der Waals surface area (Å²) in [5.74, 6) is -2.25. The Hall–Kier alpha value is -5.36.